The highest BCUT2D eigenvalue weighted by atomic mass is 16.2. The van der Waals surface area contributed by atoms with E-state index in [-0.39, 0.29) is 5.91 Å². The molecule has 1 aromatic heterocycles. The number of rotatable bonds is 3. The largest absolute Gasteiger partial charge is 0.366 e. The Morgan fingerprint density at radius 1 is 1.10 bits per heavy atom. The van der Waals surface area contributed by atoms with Crippen LogP contribution in [0, 0.1) is 0 Å². The second-order valence-electron chi connectivity index (χ2n) is 4.53. The zero-order chi connectivity index (χ0) is 14.8. The summed E-state index contributed by atoms with van der Waals surface area (Å²) in [4.78, 5) is 23.3. The van der Waals surface area contributed by atoms with Gasteiger partial charge in [-0.1, -0.05) is 6.07 Å². The summed E-state index contributed by atoms with van der Waals surface area (Å²) in [5.74, 6) is -0.745. The normalized spacial score (nSPS) is 10.5. The summed E-state index contributed by atoms with van der Waals surface area (Å²) in [6, 6.07) is 11.8. The van der Waals surface area contributed by atoms with Gasteiger partial charge in [0.05, 0.1) is 17.3 Å². The van der Waals surface area contributed by atoms with Crippen LogP contribution < -0.4 is 11.1 Å². The summed E-state index contributed by atoms with van der Waals surface area (Å²) in [5, 5.41) is 10.3. The van der Waals surface area contributed by atoms with Crippen molar-refractivity contribution in [2.24, 2.45) is 5.73 Å². The second kappa shape index (κ2) is 5.09. The first kappa shape index (κ1) is 12.9. The zero-order valence-electron chi connectivity index (χ0n) is 11.0. The van der Waals surface area contributed by atoms with Gasteiger partial charge in [0.15, 0.2) is 0 Å². The number of hydrogen-bond acceptors (Lipinski definition) is 3. The van der Waals surface area contributed by atoms with E-state index >= 15 is 0 Å². The van der Waals surface area contributed by atoms with Crippen molar-refractivity contribution < 1.29 is 9.59 Å². The van der Waals surface area contributed by atoms with E-state index in [4.69, 9.17) is 5.73 Å². The van der Waals surface area contributed by atoms with Crippen molar-refractivity contribution in [1.29, 1.82) is 0 Å². The Hall–Kier alpha value is -3.15. The number of benzene rings is 2. The van der Waals surface area contributed by atoms with Crippen LogP contribution >= 0.6 is 0 Å². The van der Waals surface area contributed by atoms with Crippen molar-refractivity contribution in [3.8, 4) is 0 Å². The summed E-state index contributed by atoms with van der Waals surface area (Å²) >= 11 is 0. The molecule has 4 N–H and O–H groups in total. The molecule has 0 saturated heterocycles. The lowest BCUT2D eigenvalue weighted by Gasteiger charge is -2.06. The van der Waals surface area contributed by atoms with Gasteiger partial charge in [0, 0.05) is 16.6 Å². The fourth-order valence-electron chi connectivity index (χ4n) is 2.08. The van der Waals surface area contributed by atoms with Gasteiger partial charge < -0.3 is 11.1 Å². The smallest absolute Gasteiger partial charge is 0.256 e. The van der Waals surface area contributed by atoms with E-state index in [2.05, 4.69) is 15.5 Å². The molecule has 6 heteroatoms. The number of amides is 2. The van der Waals surface area contributed by atoms with E-state index in [1.165, 1.54) is 0 Å². The average Bonchev–Trinajstić information content (AvgIpc) is 2.96. The van der Waals surface area contributed by atoms with Crippen molar-refractivity contribution in [1.82, 2.24) is 10.2 Å². The molecule has 21 heavy (non-hydrogen) atoms. The fourth-order valence-corrected chi connectivity index (χ4v) is 2.08. The number of carbonyl (C=O) groups excluding carboxylic acids is 2. The summed E-state index contributed by atoms with van der Waals surface area (Å²) in [7, 11) is 0. The third-order valence-electron chi connectivity index (χ3n) is 3.16. The van der Waals surface area contributed by atoms with Gasteiger partial charge in [-0.3, -0.25) is 14.7 Å². The minimum absolute atomic E-state index is 0.242. The van der Waals surface area contributed by atoms with Gasteiger partial charge in [0.25, 0.3) is 5.91 Å². The van der Waals surface area contributed by atoms with Crippen LogP contribution in [-0.2, 0) is 0 Å². The second-order valence-corrected chi connectivity index (χ2v) is 4.53. The van der Waals surface area contributed by atoms with Crippen molar-refractivity contribution in [3.63, 3.8) is 0 Å². The summed E-state index contributed by atoms with van der Waals surface area (Å²) < 4.78 is 0. The third-order valence-corrected chi connectivity index (χ3v) is 3.16. The number of hydrogen-bond donors (Lipinski definition) is 3. The molecule has 104 valence electrons. The molecular weight excluding hydrogens is 268 g/mol. The highest BCUT2D eigenvalue weighted by Gasteiger charge is 2.11. The number of H-pyrrole nitrogens is 1. The Morgan fingerprint density at radius 2 is 1.86 bits per heavy atom. The van der Waals surface area contributed by atoms with Crippen LogP contribution in [0.2, 0.25) is 0 Å². The SMILES string of the molecule is NC(=O)c1ccc(NC(=O)c2cccc3[nH]ncc23)cc1. The Morgan fingerprint density at radius 3 is 2.57 bits per heavy atom. The van der Waals surface area contributed by atoms with Crippen molar-refractivity contribution in [3.05, 3.63) is 59.8 Å². The highest BCUT2D eigenvalue weighted by Crippen LogP contribution is 2.18. The van der Waals surface area contributed by atoms with E-state index in [1.54, 1.807) is 42.6 Å². The quantitative estimate of drug-likeness (QED) is 0.683. The lowest BCUT2D eigenvalue weighted by atomic mass is 10.1. The van der Waals surface area contributed by atoms with Crippen molar-refractivity contribution in [2.75, 3.05) is 5.32 Å². The van der Waals surface area contributed by atoms with Gasteiger partial charge in [-0.05, 0) is 36.4 Å². The molecule has 6 nitrogen and oxygen atoms in total. The standard InChI is InChI=1S/C15H12N4O2/c16-14(20)9-4-6-10(7-5-9)18-15(21)11-2-1-3-13-12(11)8-17-19-13/h1-8H,(H2,16,20)(H,17,19)(H,18,21). The average molecular weight is 280 g/mol. The zero-order valence-corrected chi connectivity index (χ0v) is 11.0. The molecule has 3 rings (SSSR count). The first-order valence-corrected chi connectivity index (χ1v) is 6.28. The van der Waals surface area contributed by atoms with Gasteiger partial charge in [-0.15, -0.1) is 0 Å². The maximum absolute atomic E-state index is 12.3. The van der Waals surface area contributed by atoms with Crippen LogP contribution in [0.5, 0.6) is 0 Å². The molecule has 3 aromatic rings. The maximum Gasteiger partial charge on any atom is 0.256 e. The number of nitrogens with zero attached hydrogens (tertiary/aromatic N) is 1. The Bertz CT molecular complexity index is 821. The molecular formula is C15H12N4O2. The van der Waals surface area contributed by atoms with Crippen LogP contribution in [0.25, 0.3) is 10.9 Å². The van der Waals surface area contributed by atoms with Gasteiger partial charge in [0.2, 0.25) is 5.91 Å². The molecule has 0 aliphatic rings. The summed E-state index contributed by atoms with van der Waals surface area (Å²) in [6.07, 6.45) is 1.61. The molecule has 1 heterocycles. The van der Waals surface area contributed by atoms with E-state index in [0.29, 0.717) is 16.8 Å². The van der Waals surface area contributed by atoms with E-state index < -0.39 is 5.91 Å². The highest BCUT2D eigenvalue weighted by molar-refractivity contribution is 6.12. The van der Waals surface area contributed by atoms with Gasteiger partial charge in [-0.2, -0.15) is 5.10 Å². The van der Waals surface area contributed by atoms with Crippen LogP contribution in [0.15, 0.2) is 48.7 Å². The van der Waals surface area contributed by atoms with Gasteiger partial charge in [-0.25, -0.2) is 0 Å². The predicted molar refractivity (Wildman–Crippen MR) is 79.0 cm³/mol. The van der Waals surface area contributed by atoms with Crippen molar-refractivity contribution >= 4 is 28.4 Å². The monoisotopic (exact) mass is 280 g/mol. The number of aromatic nitrogens is 2. The molecule has 0 radical (unpaired) electrons. The van der Waals surface area contributed by atoms with Crippen LogP contribution in [-0.4, -0.2) is 22.0 Å². The molecule has 2 amide bonds. The fraction of sp³-hybridized carbons (Fsp3) is 0. The molecule has 0 aliphatic heterocycles. The maximum atomic E-state index is 12.3. The Labute approximate surface area is 120 Å². The molecule has 0 aliphatic carbocycles. The van der Waals surface area contributed by atoms with E-state index in [9.17, 15) is 9.59 Å². The lowest BCUT2D eigenvalue weighted by molar-refractivity contribution is 0.0998. The minimum Gasteiger partial charge on any atom is -0.366 e. The Kier molecular flexibility index (Phi) is 3.12. The van der Waals surface area contributed by atoms with E-state index in [1.807, 2.05) is 6.07 Å². The number of anilines is 1. The van der Waals surface area contributed by atoms with Crippen LogP contribution in [0.4, 0.5) is 5.69 Å². The van der Waals surface area contributed by atoms with Crippen LogP contribution in [0.3, 0.4) is 0 Å². The van der Waals surface area contributed by atoms with Crippen LogP contribution in [0.1, 0.15) is 20.7 Å². The number of carbonyl (C=O) groups is 2. The minimum atomic E-state index is -0.504. The number of nitrogens with one attached hydrogen (secondary N) is 2. The molecule has 0 bridgehead atoms. The van der Waals surface area contributed by atoms with Gasteiger partial charge in [0.1, 0.15) is 0 Å². The predicted octanol–water partition coefficient (Wildman–Crippen LogP) is 1.91. The number of primary amides is 1. The summed E-state index contributed by atoms with van der Waals surface area (Å²) in [5.41, 5.74) is 7.48. The van der Waals surface area contributed by atoms with E-state index in [0.717, 1.165) is 10.9 Å². The van der Waals surface area contributed by atoms with Gasteiger partial charge >= 0.3 is 0 Å². The molecule has 0 spiro atoms. The van der Waals surface area contributed by atoms with Crippen molar-refractivity contribution in [2.45, 2.75) is 0 Å². The molecule has 0 atom stereocenters. The first-order valence-electron chi connectivity index (χ1n) is 6.28. The topological polar surface area (TPSA) is 101 Å². The number of nitrogens with two attached hydrogens (primary N) is 1. The summed E-state index contributed by atoms with van der Waals surface area (Å²) in [6.45, 7) is 0. The molecule has 0 saturated carbocycles. The lowest BCUT2D eigenvalue weighted by Crippen LogP contribution is -2.13. The molecule has 2 aromatic carbocycles. The number of aromatic amines is 1. The molecule has 0 fully saturated rings. The third kappa shape index (κ3) is 2.46. The molecule has 0 unspecified atom stereocenters. The Balaban J connectivity index is 1.86. The number of fused-ring (bicyclic) bond motifs is 1. The first-order chi connectivity index (χ1) is 10.1.